The zero-order chi connectivity index (χ0) is 22.4. The fourth-order valence-electron chi connectivity index (χ4n) is 6.79. The van der Waals surface area contributed by atoms with Gasteiger partial charge in [0, 0.05) is 19.9 Å². The van der Waals surface area contributed by atoms with Crippen molar-refractivity contribution in [3.8, 4) is 0 Å². The molecule has 0 N–H and O–H groups in total. The van der Waals surface area contributed by atoms with Gasteiger partial charge in [0.15, 0.2) is 0 Å². The Balaban J connectivity index is 1.71. The molecule has 7 nitrogen and oxygen atoms in total. The predicted molar refractivity (Wildman–Crippen MR) is 111 cm³/mol. The Morgan fingerprint density at radius 3 is 2.58 bits per heavy atom. The van der Waals surface area contributed by atoms with Crippen LogP contribution in [0.2, 0.25) is 0 Å². The van der Waals surface area contributed by atoms with Crippen LogP contribution in [0.25, 0.3) is 0 Å². The molecule has 172 valence electrons. The average molecular weight is 435 g/mol. The van der Waals surface area contributed by atoms with E-state index in [9.17, 15) is 14.4 Å². The molecule has 0 aromatic rings. The summed E-state index contributed by atoms with van der Waals surface area (Å²) >= 11 is 0. The maximum absolute atomic E-state index is 12.1. The molecule has 6 atom stereocenters. The Morgan fingerprint density at radius 1 is 1.26 bits per heavy atom. The molecule has 2 aliphatic carbocycles. The quantitative estimate of drug-likeness (QED) is 0.360. The summed E-state index contributed by atoms with van der Waals surface area (Å²) < 4.78 is 22.8. The number of hydrogen-bond acceptors (Lipinski definition) is 7. The van der Waals surface area contributed by atoms with Crippen LogP contribution in [0.1, 0.15) is 66.2 Å². The number of rotatable bonds is 6. The van der Waals surface area contributed by atoms with Crippen molar-refractivity contribution >= 4 is 17.9 Å². The molecule has 0 bridgehead atoms. The minimum Gasteiger partial charge on any atom is -0.465 e. The van der Waals surface area contributed by atoms with Crippen LogP contribution in [0.3, 0.4) is 0 Å². The maximum atomic E-state index is 12.1. The molecule has 0 amide bonds. The topological polar surface area (TPSA) is 91.4 Å². The average Bonchev–Trinajstić information content (AvgIpc) is 3.35. The van der Waals surface area contributed by atoms with E-state index >= 15 is 0 Å². The first-order valence-corrected chi connectivity index (χ1v) is 11.4. The van der Waals surface area contributed by atoms with Gasteiger partial charge in [0.2, 0.25) is 0 Å². The molecule has 4 rings (SSSR count). The normalized spacial score (nSPS) is 41.2. The van der Waals surface area contributed by atoms with E-state index < -0.39 is 11.0 Å². The van der Waals surface area contributed by atoms with Gasteiger partial charge in [-0.1, -0.05) is 20.3 Å². The van der Waals surface area contributed by atoms with Crippen LogP contribution in [0.4, 0.5) is 0 Å². The fraction of sp³-hybridized carbons (Fsp3) is 0.792. The van der Waals surface area contributed by atoms with Crippen molar-refractivity contribution in [2.45, 2.75) is 77.9 Å². The number of epoxide rings is 1. The highest BCUT2D eigenvalue weighted by molar-refractivity contribution is 5.85. The minimum atomic E-state index is -0.555. The summed E-state index contributed by atoms with van der Waals surface area (Å²) in [5.41, 5.74) is -0.0131. The van der Waals surface area contributed by atoms with Crippen LogP contribution in [0.15, 0.2) is 11.6 Å². The van der Waals surface area contributed by atoms with E-state index in [1.165, 1.54) is 13.8 Å². The number of carbonyl (C=O) groups excluding carboxylic acids is 3. The number of fused-ring (bicyclic) bond motifs is 2. The lowest BCUT2D eigenvalue weighted by molar-refractivity contribution is -0.228. The third kappa shape index (κ3) is 3.69. The Bertz CT molecular complexity index is 798. The highest BCUT2D eigenvalue weighted by Crippen LogP contribution is 2.69. The molecule has 1 unspecified atom stereocenters. The van der Waals surface area contributed by atoms with E-state index in [1.54, 1.807) is 6.08 Å². The smallest absolute Gasteiger partial charge is 0.331 e. The molecule has 7 heteroatoms. The highest BCUT2D eigenvalue weighted by Gasteiger charge is 2.74. The molecule has 0 aromatic heterocycles. The lowest BCUT2D eigenvalue weighted by atomic mass is 9.43. The van der Waals surface area contributed by atoms with Crippen molar-refractivity contribution in [1.82, 2.24) is 0 Å². The minimum absolute atomic E-state index is 0.0807. The third-order valence-electron chi connectivity index (χ3n) is 8.63. The Kier molecular flexibility index (Phi) is 5.69. The number of cyclic esters (lactones) is 1. The van der Waals surface area contributed by atoms with E-state index in [4.69, 9.17) is 18.9 Å². The number of carbonyl (C=O) groups is 3. The summed E-state index contributed by atoms with van der Waals surface area (Å²) in [6, 6.07) is 0. The molecular formula is C24H34O7. The van der Waals surface area contributed by atoms with Crippen LogP contribution in [0.5, 0.6) is 0 Å². The van der Waals surface area contributed by atoms with Crippen molar-refractivity contribution in [3.05, 3.63) is 11.6 Å². The van der Waals surface area contributed by atoms with Gasteiger partial charge in [0.05, 0.1) is 12.0 Å². The largest absolute Gasteiger partial charge is 0.465 e. The summed E-state index contributed by atoms with van der Waals surface area (Å²) in [4.78, 5) is 35.4. The summed E-state index contributed by atoms with van der Waals surface area (Å²) in [7, 11) is 0. The molecule has 1 spiro atoms. The third-order valence-corrected chi connectivity index (χ3v) is 8.63. The van der Waals surface area contributed by atoms with Crippen LogP contribution in [0, 0.1) is 22.7 Å². The van der Waals surface area contributed by atoms with Gasteiger partial charge >= 0.3 is 17.9 Å². The van der Waals surface area contributed by atoms with Crippen LogP contribution in [-0.2, 0) is 33.3 Å². The van der Waals surface area contributed by atoms with Crippen molar-refractivity contribution in [2.24, 2.45) is 22.7 Å². The Labute approximate surface area is 183 Å². The number of ether oxygens (including phenoxy) is 4. The van der Waals surface area contributed by atoms with Crippen LogP contribution in [-0.4, -0.2) is 49.4 Å². The molecule has 1 saturated heterocycles. The summed E-state index contributed by atoms with van der Waals surface area (Å²) in [5.74, 6) is -0.445. The van der Waals surface area contributed by atoms with E-state index in [2.05, 4.69) is 13.8 Å². The monoisotopic (exact) mass is 434 g/mol. The lowest BCUT2D eigenvalue weighted by Crippen LogP contribution is -2.67. The van der Waals surface area contributed by atoms with Crippen molar-refractivity contribution in [1.29, 1.82) is 0 Å². The first-order valence-electron chi connectivity index (χ1n) is 11.4. The molecule has 2 heterocycles. The molecule has 2 saturated carbocycles. The van der Waals surface area contributed by atoms with Crippen molar-refractivity contribution in [2.75, 3.05) is 19.8 Å². The van der Waals surface area contributed by atoms with Gasteiger partial charge in [0.1, 0.15) is 24.9 Å². The molecule has 31 heavy (non-hydrogen) atoms. The van der Waals surface area contributed by atoms with Crippen molar-refractivity contribution in [3.63, 3.8) is 0 Å². The zero-order valence-electron chi connectivity index (χ0n) is 19.0. The summed E-state index contributed by atoms with van der Waals surface area (Å²) in [6.07, 6.45) is 6.54. The maximum Gasteiger partial charge on any atom is 0.331 e. The lowest BCUT2D eigenvalue weighted by Gasteiger charge is -2.63. The predicted octanol–water partition coefficient (Wildman–Crippen LogP) is 3.35. The number of hydrogen-bond donors (Lipinski definition) is 0. The molecule has 2 aliphatic heterocycles. The van der Waals surface area contributed by atoms with Gasteiger partial charge in [-0.05, 0) is 54.9 Å². The van der Waals surface area contributed by atoms with Crippen molar-refractivity contribution < 1.29 is 33.3 Å². The summed E-state index contributed by atoms with van der Waals surface area (Å²) in [6.45, 7) is 8.60. The highest BCUT2D eigenvalue weighted by atomic mass is 16.6. The SMILES string of the molecule is CC(=O)OC[C@@]12C(CCC[C@]13CO3)[C@@](C)(CCC1=CC(=O)OC1)[C@H](C)C[C@@H]2OC(C)=O. The zero-order valence-corrected chi connectivity index (χ0v) is 19.0. The van der Waals surface area contributed by atoms with Crippen LogP contribution >= 0.6 is 0 Å². The van der Waals surface area contributed by atoms with Gasteiger partial charge in [-0.3, -0.25) is 9.59 Å². The van der Waals surface area contributed by atoms with Gasteiger partial charge < -0.3 is 18.9 Å². The summed E-state index contributed by atoms with van der Waals surface area (Å²) in [5, 5.41) is 0. The molecule has 3 fully saturated rings. The van der Waals surface area contributed by atoms with Gasteiger partial charge in [-0.15, -0.1) is 0 Å². The number of esters is 3. The molecular weight excluding hydrogens is 400 g/mol. The first-order chi connectivity index (χ1) is 14.6. The Hall–Kier alpha value is -1.89. The van der Waals surface area contributed by atoms with Gasteiger partial charge in [0.25, 0.3) is 0 Å². The fourth-order valence-corrected chi connectivity index (χ4v) is 6.79. The molecule has 0 radical (unpaired) electrons. The van der Waals surface area contributed by atoms with E-state index in [0.717, 1.165) is 37.7 Å². The van der Waals surface area contributed by atoms with Crippen LogP contribution < -0.4 is 0 Å². The molecule has 4 aliphatic rings. The first kappa shape index (κ1) is 22.3. The second kappa shape index (κ2) is 7.91. The molecule has 0 aromatic carbocycles. The van der Waals surface area contributed by atoms with Gasteiger partial charge in [-0.2, -0.15) is 0 Å². The van der Waals surface area contributed by atoms with E-state index in [-0.39, 0.29) is 42.0 Å². The standard InChI is InChI=1S/C24H34O7/c1-15-10-20(31-17(3)26)24(14-29-16(2)25)19(6-5-8-23(24)13-30-23)22(15,4)9-7-18-11-21(27)28-12-18/h11,15,19-20H,5-10,12-14H2,1-4H3/t15-,19?,20+,22+,23+,24+/m1/s1. The van der Waals surface area contributed by atoms with E-state index in [0.29, 0.717) is 25.6 Å². The Morgan fingerprint density at radius 2 is 2.00 bits per heavy atom. The van der Waals surface area contributed by atoms with E-state index in [1.807, 2.05) is 0 Å². The second-order valence-corrected chi connectivity index (χ2v) is 10.2. The van der Waals surface area contributed by atoms with Gasteiger partial charge in [-0.25, -0.2) is 4.79 Å². The second-order valence-electron chi connectivity index (χ2n) is 10.2.